The summed E-state index contributed by atoms with van der Waals surface area (Å²) in [4.78, 5) is 4.35. The van der Waals surface area contributed by atoms with Gasteiger partial charge in [0.1, 0.15) is 0 Å². The Hall–Kier alpha value is -2.07. The second-order valence-electron chi connectivity index (χ2n) is 4.12. The SMILES string of the molecule is COc1cc(-c2ccccn2)cc(CCN)c1OC. The van der Waals surface area contributed by atoms with Gasteiger partial charge < -0.3 is 15.2 Å². The molecule has 1 heterocycles. The number of ether oxygens (including phenoxy) is 2. The Morgan fingerprint density at radius 3 is 2.58 bits per heavy atom. The normalized spacial score (nSPS) is 10.3. The van der Waals surface area contributed by atoms with Gasteiger partial charge in [-0.25, -0.2) is 0 Å². The summed E-state index contributed by atoms with van der Waals surface area (Å²) >= 11 is 0. The molecule has 1 aromatic carbocycles. The number of aromatic nitrogens is 1. The third-order valence-electron chi connectivity index (χ3n) is 2.93. The summed E-state index contributed by atoms with van der Waals surface area (Å²) in [7, 11) is 3.27. The molecule has 0 spiro atoms. The second-order valence-corrected chi connectivity index (χ2v) is 4.12. The molecular weight excluding hydrogens is 240 g/mol. The smallest absolute Gasteiger partial charge is 0.163 e. The number of methoxy groups -OCH3 is 2. The number of hydrogen-bond donors (Lipinski definition) is 1. The van der Waals surface area contributed by atoms with E-state index in [4.69, 9.17) is 15.2 Å². The Morgan fingerprint density at radius 2 is 2.00 bits per heavy atom. The van der Waals surface area contributed by atoms with Crippen molar-refractivity contribution in [2.24, 2.45) is 5.73 Å². The minimum atomic E-state index is 0.561. The molecule has 0 aliphatic carbocycles. The molecule has 100 valence electrons. The van der Waals surface area contributed by atoms with Crippen LogP contribution in [0.1, 0.15) is 5.56 Å². The first-order valence-electron chi connectivity index (χ1n) is 6.16. The summed E-state index contributed by atoms with van der Waals surface area (Å²) in [5.41, 5.74) is 8.59. The predicted molar refractivity (Wildman–Crippen MR) is 75.5 cm³/mol. The number of nitrogens with two attached hydrogens (primary N) is 1. The van der Waals surface area contributed by atoms with Crippen molar-refractivity contribution < 1.29 is 9.47 Å². The van der Waals surface area contributed by atoms with Crippen molar-refractivity contribution >= 4 is 0 Å². The molecule has 2 N–H and O–H groups in total. The van der Waals surface area contributed by atoms with Crippen molar-refractivity contribution in [3.8, 4) is 22.8 Å². The van der Waals surface area contributed by atoms with Crippen LogP contribution >= 0.6 is 0 Å². The van der Waals surface area contributed by atoms with E-state index >= 15 is 0 Å². The van der Waals surface area contributed by atoms with Crippen LogP contribution in [0.25, 0.3) is 11.3 Å². The summed E-state index contributed by atoms with van der Waals surface area (Å²) in [5.74, 6) is 1.45. The zero-order valence-corrected chi connectivity index (χ0v) is 11.2. The van der Waals surface area contributed by atoms with Crippen molar-refractivity contribution in [3.05, 3.63) is 42.1 Å². The topological polar surface area (TPSA) is 57.4 Å². The highest BCUT2D eigenvalue weighted by Gasteiger charge is 2.13. The average Bonchev–Trinajstić information content (AvgIpc) is 2.47. The third kappa shape index (κ3) is 2.85. The molecule has 0 fully saturated rings. The molecule has 0 aliphatic rings. The van der Waals surface area contributed by atoms with Gasteiger partial charge in [-0.1, -0.05) is 6.07 Å². The van der Waals surface area contributed by atoms with Gasteiger partial charge in [0.05, 0.1) is 19.9 Å². The Balaban J connectivity index is 2.54. The quantitative estimate of drug-likeness (QED) is 0.893. The molecule has 2 aromatic rings. The van der Waals surface area contributed by atoms with Gasteiger partial charge in [-0.05, 0) is 42.8 Å². The van der Waals surface area contributed by atoms with Crippen LogP contribution in [0.3, 0.4) is 0 Å². The zero-order valence-electron chi connectivity index (χ0n) is 11.2. The van der Waals surface area contributed by atoms with Gasteiger partial charge in [0.25, 0.3) is 0 Å². The van der Waals surface area contributed by atoms with Crippen molar-refractivity contribution in [1.82, 2.24) is 4.98 Å². The first-order valence-corrected chi connectivity index (χ1v) is 6.16. The van der Waals surface area contributed by atoms with Crippen LogP contribution in [0.2, 0.25) is 0 Å². The van der Waals surface area contributed by atoms with Gasteiger partial charge >= 0.3 is 0 Å². The van der Waals surface area contributed by atoms with Crippen molar-refractivity contribution in [2.45, 2.75) is 6.42 Å². The van der Waals surface area contributed by atoms with E-state index in [1.54, 1.807) is 20.4 Å². The van der Waals surface area contributed by atoms with E-state index < -0.39 is 0 Å². The van der Waals surface area contributed by atoms with Crippen LogP contribution in [-0.4, -0.2) is 25.7 Å². The molecule has 4 heteroatoms. The van der Waals surface area contributed by atoms with Crippen LogP contribution in [0.4, 0.5) is 0 Å². The largest absolute Gasteiger partial charge is 0.493 e. The Bertz CT molecular complexity index is 541. The molecule has 0 bridgehead atoms. The summed E-state index contributed by atoms with van der Waals surface area (Å²) in [6, 6.07) is 9.80. The lowest BCUT2D eigenvalue weighted by atomic mass is 10.0. The van der Waals surface area contributed by atoms with Crippen molar-refractivity contribution in [1.29, 1.82) is 0 Å². The van der Waals surface area contributed by atoms with E-state index in [1.165, 1.54) is 0 Å². The average molecular weight is 258 g/mol. The lowest BCUT2D eigenvalue weighted by Gasteiger charge is -2.14. The molecule has 2 rings (SSSR count). The number of pyridine rings is 1. The van der Waals surface area contributed by atoms with Gasteiger partial charge in [-0.2, -0.15) is 0 Å². The van der Waals surface area contributed by atoms with Gasteiger partial charge in [0, 0.05) is 11.8 Å². The number of nitrogens with zero attached hydrogens (tertiary/aromatic N) is 1. The van der Waals surface area contributed by atoms with Crippen molar-refractivity contribution in [3.63, 3.8) is 0 Å². The van der Waals surface area contributed by atoms with Crippen LogP contribution in [0, 0.1) is 0 Å². The van der Waals surface area contributed by atoms with Crippen molar-refractivity contribution in [2.75, 3.05) is 20.8 Å². The maximum atomic E-state index is 5.65. The molecule has 0 unspecified atom stereocenters. The first-order chi connectivity index (χ1) is 9.30. The van der Waals surface area contributed by atoms with Gasteiger partial charge in [-0.15, -0.1) is 0 Å². The Labute approximate surface area is 113 Å². The van der Waals surface area contributed by atoms with E-state index in [0.717, 1.165) is 29.0 Å². The number of hydrogen-bond acceptors (Lipinski definition) is 4. The van der Waals surface area contributed by atoms with Gasteiger partial charge in [0.2, 0.25) is 0 Å². The van der Waals surface area contributed by atoms with E-state index in [-0.39, 0.29) is 0 Å². The van der Waals surface area contributed by atoms with E-state index in [9.17, 15) is 0 Å². The summed E-state index contributed by atoms with van der Waals surface area (Å²) in [6.07, 6.45) is 2.51. The van der Waals surface area contributed by atoms with E-state index in [0.29, 0.717) is 12.3 Å². The predicted octanol–water partition coefficient (Wildman–Crippen LogP) is 2.27. The standard InChI is InChI=1S/C15H18N2O2/c1-18-14-10-12(13-5-3-4-8-17-13)9-11(6-7-16)15(14)19-2/h3-5,8-10H,6-7,16H2,1-2H3. The lowest BCUT2D eigenvalue weighted by Crippen LogP contribution is -2.05. The summed E-state index contributed by atoms with van der Waals surface area (Å²) in [6.45, 7) is 0.561. The fraction of sp³-hybridized carbons (Fsp3) is 0.267. The molecule has 4 nitrogen and oxygen atoms in total. The Kier molecular flexibility index (Phi) is 4.36. The molecule has 0 radical (unpaired) electrons. The molecule has 0 saturated heterocycles. The monoisotopic (exact) mass is 258 g/mol. The van der Waals surface area contributed by atoms with Gasteiger partial charge in [-0.3, -0.25) is 4.98 Å². The highest BCUT2D eigenvalue weighted by atomic mass is 16.5. The molecule has 0 aliphatic heterocycles. The summed E-state index contributed by atoms with van der Waals surface area (Å²) < 4.78 is 10.8. The number of rotatable bonds is 5. The van der Waals surface area contributed by atoms with Crippen LogP contribution in [0.15, 0.2) is 36.5 Å². The summed E-state index contributed by atoms with van der Waals surface area (Å²) in [5, 5.41) is 0. The molecule has 0 saturated carbocycles. The van der Waals surface area contributed by atoms with Crippen LogP contribution in [-0.2, 0) is 6.42 Å². The molecular formula is C15H18N2O2. The number of benzene rings is 1. The second kappa shape index (κ2) is 6.20. The van der Waals surface area contributed by atoms with E-state index in [2.05, 4.69) is 11.1 Å². The zero-order chi connectivity index (χ0) is 13.7. The molecule has 0 amide bonds. The first kappa shape index (κ1) is 13.4. The highest BCUT2D eigenvalue weighted by molar-refractivity contribution is 5.66. The molecule has 1 aromatic heterocycles. The molecule has 0 atom stereocenters. The maximum Gasteiger partial charge on any atom is 0.163 e. The lowest BCUT2D eigenvalue weighted by molar-refractivity contribution is 0.352. The van der Waals surface area contributed by atoms with Crippen LogP contribution < -0.4 is 15.2 Å². The van der Waals surface area contributed by atoms with E-state index in [1.807, 2.05) is 24.3 Å². The highest BCUT2D eigenvalue weighted by Crippen LogP contribution is 2.35. The fourth-order valence-electron chi connectivity index (χ4n) is 2.07. The molecule has 19 heavy (non-hydrogen) atoms. The third-order valence-corrected chi connectivity index (χ3v) is 2.93. The minimum absolute atomic E-state index is 0.561. The van der Waals surface area contributed by atoms with Gasteiger partial charge in [0.15, 0.2) is 11.5 Å². The van der Waals surface area contributed by atoms with Crippen LogP contribution in [0.5, 0.6) is 11.5 Å². The fourth-order valence-corrected chi connectivity index (χ4v) is 2.07. The maximum absolute atomic E-state index is 5.65. The minimum Gasteiger partial charge on any atom is -0.493 e. The Morgan fingerprint density at radius 1 is 1.16 bits per heavy atom.